The van der Waals surface area contributed by atoms with Gasteiger partial charge < -0.3 is 10.2 Å². The number of aromatic nitrogens is 1. The Kier molecular flexibility index (Phi) is 5.29. The molecule has 1 aromatic heterocycles. The third-order valence-electron chi connectivity index (χ3n) is 5.73. The molecule has 3 aromatic rings. The van der Waals surface area contributed by atoms with Gasteiger partial charge in [-0.1, -0.05) is 36.4 Å². The van der Waals surface area contributed by atoms with Crippen molar-refractivity contribution in [2.75, 3.05) is 24.5 Å². The number of nitrogens with zero attached hydrogens (tertiary/aromatic N) is 2. The van der Waals surface area contributed by atoms with Crippen molar-refractivity contribution in [1.82, 2.24) is 10.3 Å². The van der Waals surface area contributed by atoms with Crippen molar-refractivity contribution in [3.8, 4) is 0 Å². The van der Waals surface area contributed by atoms with Gasteiger partial charge in [0.1, 0.15) is 0 Å². The minimum Gasteiger partial charge on any atom is -0.371 e. The van der Waals surface area contributed by atoms with Gasteiger partial charge >= 0.3 is 0 Å². The molecule has 0 bridgehead atoms. The number of para-hydroxylation sites is 2. The molecule has 0 aliphatic carbocycles. The van der Waals surface area contributed by atoms with E-state index < -0.39 is 0 Å². The number of aryl methyl sites for hydroxylation is 2. The Morgan fingerprint density at radius 1 is 1.11 bits per heavy atom. The van der Waals surface area contributed by atoms with Crippen LogP contribution in [0.1, 0.15) is 28.8 Å². The van der Waals surface area contributed by atoms with Gasteiger partial charge in [0.2, 0.25) is 5.91 Å². The van der Waals surface area contributed by atoms with Crippen LogP contribution >= 0.6 is 0 Å². The zero-order valence-electron chi connectivity index (χ0n) is 16.7. The largest absolute Gasteiger partial charge is 0.371 e. The number of benzene rings is 2. The highest BCUT2D eigenvalue weighted by Crippen LogP contribution is 2.27. The van der Waals surface area contributed by atoms with Crippen molar-refractivity contribution in [2.45, 2.75) is 33.1 Å². The molecule has 144 valence electrons. The molecule has 2 heterocycles. The lowest BCUT2D eigenvalue weighted by molar-refractivity contribution is -0.120. The van der Waals surface area contributed by atoms with Gasteiger partial charge in [-0.2, -0.15) is 0 Å². The van der Waals surface area contributed by atoms with E-state index in [2.05, 4.69) is 52.5 Å². The molecule has 4 heteroatoms. The number of hydrogen-bond acceptors (Lipinski definition) is 3. The highest BCUT2D eigenvalue weighted by Gasteiger charge is 2.17. The number of anilines is 1. The SMILES string of the molecule is Cc1nc2ccccc2c(C)c1CC(=O)NCCCN1CCc2ccccc21. The number of nitrogens with one attached hydrogen (secondary N) is 1. The van der Waals surface area contributed by atoms with Crippen LogP contribution in [0.25, 0.3) is 10.9 Å². The van der Waals surface area contributed by atoms with Gasteiger partial charge in [-0.25, -0.2) is 0 Å². The molecule has 0 spiro atoms. The lowest BCUT2D eigenvalue weighted by Gasteiger charge is -2.19. The maximum absolute atomic E-state index is 12.5. The number of fused-ring (bicyclic) bond motifs is 2. The average Bonchev–Trinajstić information content (AvgIpc) is 3.12. The molecule has 0 fully saturated rings. The van der Waals surface area contributed by atoms with Crippen LogP contribution in [0.3, 0.4) is 0 Å². The van der Waals surface area contributed by atoms with Crippen molar-refractivity contribution in [1.29, 1.82) is 0 Å². The van der Waals surface area contributed by atoms with E-state index in [1.807, 2.05) is 25.1 Å². The molecule has 0 atom stereocenters. The second-order valence-corrected chi connectivity index (χ2v) is 7.56. The molecule has 0 unspecified atom stereocenters. The van der Waals surface area contributed by atoms with Crippen LogP contribution in [-0.2, 0) is 17.6 Å². The van der Waals surface area contributed by atoms with E-state index in [1.165, 1.54) is 11.3 Å². The lowest BCUT2D eigenvalue weighted by Crippen LogP contribution is -2.30. The summed E-state index contributed by atoms with van der Waals surface area (Å²) in [7, 11) is 0. The summed E-state index contributed by atoms with van der Waals surface area (Å²) in [5.41, 5.74) is 6.92. The normalized spacial score (nSPS) is 13.0. The molecule has 1 N–H and O–H groups in total. The lowest BCUT2D eigenvalue weighted by atomic mass is 9.99. The second-order valence-electron chi connectivity index (χ2n) is 7.56. The number of amides is 1. The molecule has 4 nitrogen and oxygen atoms in total. The second kappa shape index (κ2) is 8.01. The number of rotatable bonds is 6. The quantitative estimate of drug-likeness (QED) is 0.665. The Morgan fingerprint density at radius 2 is 1.89 bits per heavy atom. The number of carbonyl (C=O) groups excluding carboxylic acids is 1. The molecule has 4 rings (SSSR count). The molecule has 1 aliphatic rings. The third kappa shape index (κ3) is 3.72. The summed E-state index contributed by atoms with van der Waals surface area (Å²) in [5.74, 6) is 0.0742. The third-order valence-corrected chi connectivity index (χ3v) is 5.73. The zero-order valence-corrected chi connectivity index (χ0v) is 16.7. The van der Waals surface area contributed by atoms with Crippen LogP contribution in [0.2, 0.25) is 0 Å². The summed E-state index contributed by atoms with van der Waals surface area (Å²) < 4.78 is 0. The molecular formula is C24H27N3O. The van der Waals surface area contributed by atoms with Crippen LogP contribution < -0.4 is 10.2 Å². The minimum absolute atomic E-state index is 0.0742. The fourth-order valence-electron chi connectivity index (χ4n) is 4.19. The first-order chi connectivity index (χ1) is 13.6. The predicted molar refractivity (Wildman–Crippen MR) is 115 cm³/mol. The van der Waals surface area contributed by atoms with E-state index >= 15 is 0 Å². The topological polar surface area (TPSA) is 45.2 Å². The summed E-state index contributed by atoms with van der Waals surface area (Å²) in [6.07, 6.45) is 2.46. The molecule has 0 saturated carbocycles. The summed E-state index contributed by atoms with van der Waals surface area (Å²) in [5, 5.41) is 4.22. The Bertz CT molecular complexity index is 1010. The molecule has 1 amide bonds. The maximum Gasteiger partial charge on any atom is 0.224 e. The van der Waals surface area contributed by atoms with Gasteiger partial charge in [0.25, 0.3) is 0 Å². The van der Waals surface area contributed by atoms with Gasteiger partial charge in [0.05, 0.1) is 11.9 Å². The Hall–Kier alpha value is -2.88. The fourth-order valence-corrected chi connectivity index (χ4v) is 4.19. The van der Waals surface area contributed by atoms with Gasteiger partial charge in [0.15, 0.2) is 0 Å². The summed E-state index contributed by atoms with van der Waals surface area (Å²) in [6, 6.07) is 16.7. The minimum atomic E-state index is 0.0742. The molecule has 0 radical (unpaired) electrons. The van der Waals surface area contributed by atoms with E-state index in [0.717, 1.165) is 53.7 Å². The fraction of sp³-hybridized carbons (Fsp3) is 0.333. The molecular weight excluding hydrogens is 346 g/mol. The molecule has 28 heavy (non-hydrogen) atoms. The molecule has 0 saturated heterocycles. The molecule has 2 aromatic carbocycles. The average molecular weight is 374 g/mol. The van der Waals surface area contributed by atoms with Crippen LogP contribution in [0, 0.1) is 13.8 Å². The van der Waals surface area contributed by atoms with Crippen LogP contribution in [-0.4, -0.2) is 30.5 Å². The zero-order chi connectivity index (χ0) is 19.5. The van der Waals surface area contributed by atoms with E-state index in [4.69, 9.17) is 0 Å². The van der Waals surface area contributed by atoms with Gasteiger partial charge in [-0.15, -0.1) is 0 Å². The number of hydrogen-bond donors (Lipinski definition) is 1. The Morgan fingerprint density at radius 3 is 2.79 bits per heavy atom. The van der Waals surface area contributed by atoms with Crippen molar-refractivity contribution in [3.63, 3.8) is 0 Å². The monoisotopic (exact) mass is 373 g/mol. The van der Waals surface area contributed by atoms with Crippen molar-refractivity contribution in [2.24, 2.45) is 0 Å². The van der Waals surface area contributed by atoms with E-state index in [1.54, 1.807) is 0 Å². The summed E-state index contributed by atoms with van der Waals surface area (Å²) in [6.45, 7) is 6.84. The summed E-state index contributed by atoms with van der Waals surface area (Å²) >= 11 is 0. The highest BCUT2D eigenvalue weighted by atomic mass is 16.1. The number of pyridine rings is 1. The first-order valence-corrected chi connectivity index (χ1v) is 10.1. The van der Waals surface area contributed by atoms with Crippen LogP contribution in [0.15, 0.2) is 48.5 Å². The van der Waals surface area contributed by atoms with Gasteiger partial charge in [-0.3, -0.25) is 9.78 Å². The first-order valence-electron chi connectivity index (χ1n) is 10.1. The summed E-state index contributed by atoms with van der Waals surface area (Å²) in [4.78, 5) is 19.6. The Labute approximate surface area is 166 Å². The van der Waals surface area contributed by atoms with Crippen molar-refractivity contribution in [3.05, 3.63) is 70.9 Å². The van der Waals surface area contributed by atoms with Crippen molar-refractivity contribution < 1.29 is 4.79 Å². The van der Waals surface area contributed by atoms with Crippen LogP contribution in [0.4, 0.5) is 5.69 Å². The predicted octanol–water partition coefficient (Wildman–Crippen LogP) is 3.96. The van der Waals surface area contributed by atoms with Crippen molar-refractivity contribution >= 4 is 22.5 Å². The Balaban J connectivity index is 1.31. The van der Waals surface area contributed by atoms with E-state index in [0.29, 0.717) is 13.0 Å². The number of carbonyl (C=O) groups is 1. The standard InChI is InChI=1S/C24H27N3O/c1-17-20-9-4-5-10-22(20)26-18(2)21(17)16-24(28)25-13-7-14-27-15-12-19-8-3-6-11-23(19)27/h3-6,8-11H,7,12-16H2,1-2H3,(H,25,28). The maximum atomic E-state index is 12.5. The molecule has 1 aliphatic heterocycles. The van der Waals surface area contributed by atoms with Gasteiger partial charge in [-0.05, 0) is 55.5 Å². The van der Waals surface area contributed by atoms with Crippen LogP contribution in [0.5, 0.6) is 0 Å². The van der Waals surface area contributed by atoms with E-state index in [-0.39, 0.29) is 5.91 Å². The van der Waals surface area contributed by atoms with Gasteiger partial charge in [0, 0.05) is 36.4 Å². The highest BCUT2D eigenvalue weighted by molar-refractivity contribution is 5.86. The smallest absolute Gasteiger partial charge is 0.224 e. The first kappa shape index (κ1) is 18.5. The van der Waals surface area contributed by atoms with E-state index in [9.17, 15) is 4.79 Å².